The lowest BCUT2D eigenvalue weighted by atomic mass is 10.1. The molecule has 0 saturated carbocycles. The van der Waals surface area contributed by atoms with Crippen molar-refractivity contribution in [2.75, 3.05) is 13.1 Å². The number of rotatable bonds is 5. The fourth-order valence-electron chi connectivity index (χ4n) is 1.35. The molecule has 1 rings (SSSR count). The third-order valence-corrected chi connectivity index (χ3v) is 2.09. The second-order valence-corrected chi connectivity index (χ2v) is 3.26. The molecule has 1 aromatic carbocycles. The molecule has 0 aliphatic carbocycles. The van der Waals surface area contributed by atoms with Gasteiger partial charge in [-0.1, -0.05) is 17.2 Å². The molecule has 0 aliphatic rings. The molecule has 0 bridgehead atoms. The quantitative estimate of drug-likeness (QED) is 0.459. The number of nitrogens with one attached hydrogen (secondary N) is 1. The van der Waals surface area contributed by atoms with Crippen LogP contribution in [0.25, 0.3) is 10.4 Å². The Labute approximate surface area is 94.1 Å². The second kappa shape index (κ2) is 6.48. The van der Waals surface area contributed by atoms with E-state index in [1.165, 1.54) is 0 Å². The van der Waals surface area contributed by atoms with Crippen molar-refractivity contribution in [3.05, 3.63) is 45.8 Å². The number of amides is 1. The van der Waals surface area contributed by atoms with Gasteiger partial charge in [0.2, 0.25) is 0 Å². The Morgan fingerprint density at radius 2 is 2.38 bits per heavy atom. The number of benzene rings is 1. The maximum Gasteiger partial charge on any atom is 0.251 e. The van der Waals surface area contributed by atoms with Crippen LogP contribution in [0.15, 0.2) is 29.4 Å². The summed E-state index contributed by atoms with van der Waals surface area (Å²) in [7, 11) is 0. The zero-order valence-electron chi connectivity index (χ0n) is 9.18. The third-order valence-electron chi connectivity index (χ3n) is 2.09. The van der Waals surface area contributed by atoms with Crippen molar-refractivity contribution >= 4 is 5.91 Å². The fourth-order valence-corrected chi connectivity index (χ4v) is 1.35. The summed E-state index contributed by atoms with van der Waals surface area (Å²) in [6, 6.07) is 7.32. The van der Waals surface area contributed by atoms with Gasteiger partial charge in [0.05, 0.1) is 0 Å². The number of hydrogen-bond acceptors (Lipinski definition) is 2. The first-order chi connectivity index (χ1) is 7.77. The molecule has 0 spiro atoms. The average Bonchev–Trinajstić information content (AvgIpc) is 2.30. The van der Waals surface area contributed by atoms with Crippen molar-refractivity contribution in [3.8, 4) is 0 Å². The standard InChI is InChI=1S/C11H14N4O/c1-2-13-11(16)10-5-3-4-9(8-10)6-7-14-15-12/h3-5,8H,2,6-7H2,1H3,(H,13,16). The summed E-state index contributed by atoms with van der Waals surface area (Å²) in [5, 5.41) is 6.19. The Bertz CT molecular complexity index is 410. The monoisotopic (exact) mass is 218 g/mol. The van der Waals surface area contributed by atoms with Crippen LogP contribution in [0.4, 0.5) is 0 Å². The van der Waals surface area contributed by atoms with Gasteiger partial charge in [-0.3, -0.25) is 4.79 Å². The van der Waals surface area contributed by atoms with Gasteiger partial charge in [-0.25, -0.2) is 0 Å². The van der Waals surface area contributed by atoms with Crippen LogP contribution < -0.4 is 5.32 Å². The van der Waals surface area contributed by atoms with E-state index in [-0.39, 0.29) is 5.91 Å². The highest BCUT2D eigenvalue weighted by Gasteiger charge is 2.03. The van der Waals surface area contributed by atoms with Crippen LogP contribution in [0, 0.1) is 0 Å². The van der Waals surface area contributed by atoms with Crippen molar-refractivity contribution in [2.45, 2.75) is 13.3 Å². The van der Waals surface area contributed by atoms with Gasteiger partial charge in [-0.15, -0.1) is 0 Å². The first kappa shape index (κ1) is 12.1. The van der Waals surface area contributed by atoms with Crippen LogP contribution >= 0.6 is 0 Å². The Kier molecular flexibility index (Phi) is 4.89. The normalized spacial score (nSPS) is 9.31. The highest BCUT2D eigenvalue weighted by molar-refractivity contribution is 5.94. The molecule has 0 fully saturated rings. The minimum atomic E-state index is -0.0758. The smallest absolute Gasteiger partial charge is 0.251 e. The van der Waals surface area contributed by atoms with E-state index in [1.807, 2.05) is 25.1 Å². The molecule has 0 radical (unpaired) electrons. The van der Waals surface area contributed by atoms with E-state index in [4.69, 9.17) is 5.53 Å². The molecular weight excluding hydrogens is 204 g/mol. The van der Waals surface area contributed by atoms with Crippen molar-refractivity contribution in [2.24, 2.45) is 5.11 Å². The maximum absolute atomic E-state index is 11.5. The van der Waals surface area contributed by atoms with E-state index < -0.39 is 0 Å². The molecule has 0 atom stereocenters. The third kappa shape index (κ3) is 3.63. The first-order valence-corrected chi connectivity index (χ1v) is 5.16. The Morgan fingerprint density at radius 3 is 3.06 bits per heavy atom. The summed E-state index contributed by atoms with van der Waals surface area (Å²) in [6.45, 7) is 2.90. The minimum absolute atomic E-state index is 0.0758. The summed E-state index contributed by atoms with van der Waals surface area (Å²) in [5.41, 5.74) is 9.79. The first-order valence-electron chi connectivity index (χ1n) is 5.16. The second-order valence-electron chi connectivity index (χ2n) is 3.26. The Balaban J connectivity index is 2.70. The van der Waals surface area contributed by atoms with Crippen LogP contribution in [0.5, 0.6) is 0 Å². The zero-order chi connectivity index (χ0) is 11.8. The molecule has 1 aromatic rings. The van der Waals surface area contributed by atoms with Crippen molar-refractivity contribution in [3.63, 3.8) is 0 Å². The molecule has 1 N–H and O–H groups in total. The molecule has 0 saturated heterocycles. The highest BCUT2D eigenvalue weighted by Crippen LogP contribution is 2.06. The van der Waals surface area contributed by atoms with Gasteiger partial charge in [0.25, 0.3) is 5.91 Å². The average molecular weight is 218 g/mol. The van der Waals surface area contributed by atoms with Crippen molar-refractivity contribution in [1.82, 2.24) is 5.32 Å². The summed E-state index contributed by atoms with van der Waals surface area (Å²) in [4.78, 5) is 14.2. The molecule has 16 heavy (non-hydrogen) atoms. The van der Waals surface area contributed by atoms with Gasteiger partial charge in [0, 0.05) is 23.6 Å². The van der Waals surface area contributed by atoms with Crippen molar-refractivity contribution < 1.29 is 4.79 Å². The van der Waals surface area contributed by atoms with E-state index in [2.05, 4.69) is 15.3 Å². The highest BCUT2D eigenvalue weighted by atomic mass is 16.1. The molecule has 84 valence electrons. The van der Waals surface area contributed by atoms with Gasteiger partial charge < -0.3 is 5.32 Å². The molecule has 5 nitrogen and oxygen atoms in total. The largest absolute Gasteiger partial charge is 0.352 e. The molecule has 0 unspecified atom stereocenters. The van der Waals surface area contributed by atoms with Crippen LogP contribution in [0.1, 0.15) is 22.8 Å². The van der Waals surface area contributed by atoms with Gasteiger partial charge >= 0.3 is 0 Å². The SMILES string of the molecule is CCNC(=O)c1cccc(CCN=[N+]=[N-])c1. The summed E-state index contributed by atoms with van der Waals surface area (Å²) < 4.78 is 0. The molecular formula is C11H14N4O. The molecule has 0 heterocycles. The predicted octanol–water partition coefficient (Wildman–Crippen LogP) is 2.29. The number of carbonyl (C=O) groups excluding carboxylic acids is 1. The van der Waals surface area contributed by atoms with E-state index >= 15 is 0 Å². The van der Waals surface area contributed by atoms with E-state index in [9.17, 15) is 4.79 Å². The predicted molar refractivity (Wildman–Crippen MR) is 62.2 cm³/mol. The topological polar surface area (TPSA) is 77.9 Å². The summed E-state index contributed by atoms with van der Waals surface area (Å²) >= 11 is 0. The molecule has 5 heteroatoms. The van der Waals surface area contributed by atoms with Gasteiger partial charge in [0.1, 0.15) is 0 Å². The molecule has 0 aliphatic heterocycles. The van der Waals surface area contributed by atoms with E-state index in [1.54, 1.807) is 6.07 Å². The van der Waals surface area contributed by atoms with Crippen LogP contribution in [0.2, 0.25) is 0 Å². The summed E-state index contributed by atoms with van der Waals surface area (Å²) in [6.07, 6.45) is 0.650. The minimum Gasteiger partial charge on any atom is -0.352 e. The maximum atomic E-state index is 11.5. The lowest BCUT2D eigenvalue weighted by Gasteiger charge is -2.04. The van der Waals surface area contributed by atoms with Crippen LogP contribution in [0.3, 0.4) is 0 Å². The summed E-state index contributed by atoms with van der Waals surface area (Å²) in [5.74, 6) is -0.0758. The van der Waals surface area contributed by atoms with Gasteiger partial charge in [-0.05, 0) is 36.6 Å². The van der Waals surface area contributed by atoms with Crippen LogP contribution in [-0.2, 0) is 6.42 Å². The number of carbonyl (C=O) groups is 1. The van der Waals surface area contributed by atoms with Gasteiger partial charge in [-0.2, -0.15) is 0 Å². The number of azide groups is 1. The van der Waals surface area contributed by atoms with Crippen molar-refractivity contribution in [1.29, 1.82) is 0 Å². The van der Waals surface area contributed by atoms with E-state index in [0.29, 0.717) is 25.1 Å². The lowest BCUT2D eigenvalue weighted by Crippen LogP contribution is -2.22. The molecule has 0 aromatic heterocycles. The number of hydrogen-bond donors (Lipinski definition) is 1. The zero-order valence-corrected chi connectivity index (χ0v) is 9.18. The van der Waals surface area contributed by atoms with E-state index in [0.717, 1.165) is 5.56 Å². The fraction of sp³-hybridized carbons (Fsp3) is 0.364. The van der Waals surface area contributed by atoms with Gasteiger partial charge in [0.15, 0.2) is 0 Å². The number of nitrogens with zero attached hydrogens (tertiary/aromatic N) is 3. The Hall–Kier alpha value is -2.00. The molecule has 1 amide bonds. The lowest BCUT2D eigenvalue weighted by molar-refractivity contribution is 0.0955. The van der Waals surface area contributed by atoms with Crippen LogP contribution in [-0.4, -0.2) is 19.0 Å². The Morgan fingerprint density at radius 1 is 1.56 bits per heavy atom.